The Labute approximate surface area is 241 Å². The standard InChI is InChI=1S/C32H30N4O2S.ClH/c37-39(38,31-14-8-3-9-15-31)36-21-28-19-27(26-12-6-2-7-13-26)16-17-32(28)35(22-29-20-33-24-34-29)23-30(36)18-25-10-4-1-5-11-25;/h1-17,19-20,24,30H,18,21-23H2,(H,33,34);1H/t30-;/m1./s1. The smallest absolute Gasteiger partial charge is 0.243 e. The zero-order chi connectivity index (χ0) is 26.7. The van der Waals surface area contributed by atoms with Gasteiger partial charge in [0.1, 0.15) is 0 Å². The fourth-order valence-corrected chi connectivity index (χ4v) is 6.97. The summed E-state index contributed by atoms with van der Waals surface area (Å²) in [5, 5.41) is 0. The Bertz CT molecular complexity index is 1630. The molecule has 1 aliphatic heterocycles. The Morgan fingerprint density at radius 3 is 2.17 bits per heavy atom. The number of rotatable bonds is 7. The molecule has 5 aromatic rings. The van der Waals surface area contributed by atoms with Crippen molar-refractivity contribution in [3.8, 4) is 11.1 Å². The lowest BCUT2D eigenvalue weighted by Crippen LogP contribution is -2.45. The summed E-state index contributed by atoms with van der Waals surface area (Å²) >= 11 is 0. The van der Waals surface area contributed by atoms with E-state index in [4.69, 9.17) is 0 Å². The zero-order valence-corrected chi connectivity index (χ0v) is 23.6. The van der Waals surface area contributed by atoms with E-state index in [0.29, 0.717) is 24.4 Å². The van der Waals surface area contributed by atoms with E-state index in [0.717, 1.165) is 33.6 Å². The SMILES string of the molecule is Cl.O=S(=O)(c1ccccc1)N1Cc2cc(-c3ccccc3)ccc2N(Cc2cnc[nH]2)C[C@H]1Cc1ccccc1. The van der Waals surface area contributed by atoms with Crippen molar-refractivity contribution in [3.05, 3.63) is 139 Å². The van der Waals surface area contributed by atoms with Crippen LogP contribution in [0, 0.1) is 0 Å². The van der Waals surface area contributed by atoms with Crippen molar-refractivity contribution in [2.24, 2.45) is 0 Å². The average molecular weight is 571 g/mol. The minimum atomic E-state index is -3.77. The van der Waals surface area contributed by atoms with Gasteiger partial charge < -0.3 is 9.88 Å². The Balaban J connectivity index is 0.00000323. The first kappa shape index (κ1) is 27.6. The lowest BCUT2D eigenvalue weighted by atomic mass is 10.0. The molecule has 6 rings (SSSR count). The van der Waals surface area contributed by atoms with Crippen molar-refractivity contribution in [2.45, 2.75) is 30.4 Å². The lowest BCUT2D eigenvalue weighted by molar-refractivity contribution is 0.318. The lowest BCUT2D eigenvalue weighted by Gasteiger charge is -2.32. The Morgan fingerprint density at radius 1 is 0.825 bits per heavy atom. The number of sulfonamides is 1. The van der Waals surface area contributed by atoms with Crippen LogP contribution >= 0.6 is 12.4 Å². The van der Waals surface area contributed by atoms with Crippen LogP contribution in [0.25, 0.3) is 11.1 Å². The number of nitrogens with zero attached hydrogens (tertiary/aromatic N) is 3. The van der Waals surface area contributed by atoms with Gasteiger partial charge in [0.05, 0.1) is 23.5 Å². The molecule has 0 saturated carbocycles. The third-order valence-corrected chi connectivity index (χ3v) is 9.18. The molecule has 1 N–H and O–H groups in total. The second-order valence-corrected chi connectivity index (χ2v) is 11.8. The number of anilines is 1. The molecule has 0 bridgehead atoms. The quantitative estimate of drug-likeness (QED) is 0.248. The number of aromatic nitrogens is 2. The fourth-order valence-electron chi connectivity index (χ4n) is 5.36. The second kappa shape index (κ2) is 12.1. The van der Waals surface area contributed by atoms with Crippen molar-refractivity contribution in [3.63, 3.8) is 0 Å². The van der Waals surface area contributed by atoms with Gasteiger partial charge in [0.25, 0.3) is 0 Å². The summed E-state index contributed by atoms with van der Waals surface area (Å²) in [4.78, 5) is 10.0. The number of imidazole rings is 1. The summed E-state index contributed by atoms with van der Waals surface area (Å²) in [7, 11) is -3.77. The molecule has 0 amide bonds. The molecule has 0 aliphatic carbocycles. The second-order valence-electron chi connectivity index (χ2n) is 9.87. The molecule has 1 atom stereocenters. The normalized spacial score (nSPS) is 15.6. The van der Waals surface area contributed by atoms with Crippen LogP contribution in [-0.2, 0) is 29.5 Å². The minimum absolute atomic E-state index is 0. The molecule has 0 fully saturated rings. The van der Waals surface area contributed by atoms with E-state index in [-0.39, 0.29) is 25.0 Å². The predicted octanol–water partition coefficient (Wildman–Crippen LogP) is 6.32. The first-order valence-electron chi connectivity index (χ1n) is 13.1. The molecule has 6 nitrogen and oxygen atoms in total. The molecule has 1 aliphatic rings. The molecule has 0 saturated heterocycles. The summed E-state index contributed by atoms with van der Waals surface area (Å²) in [5.74, 6) is 0. The van der Waals surface area contributed by atoms with Crippen LogP contribution < -0.4 is 4.90 Å². The third kappa shape index (κ3) is 5.82. The summed E-state index contributed by atoms with van der Waals surface area (Å²) in [6.45, 7) is 1.42. The van der Waals surface area contributed by atoms with E-state index in [1.54, 1.807) is 34.9 Å². The molecule has 204 valence electrons. The van der Waals surface area contributed by atoms with E-state index in [1.807, 2.05) is 48.7 Å². The van der Waals surface area contributed by atoms with E-state index in [2.05, 4.69) is 57.3 Å². The molecule has 0 radical (unpaired) electrons. The maximum Gasteiger partial charge on any atom is 0.243 e. The van der Waals surface area contributed by atoms with Crippen LogP contribution in [0.15, 0.2) is 127 Å². The van der Waals surface area contributed by atoms with Crippen molar-refractivity contribution in [1.82, 2.24) is 14.3 Å². The zero-order valence-electron chi connectivity index (χ0n) is 21.9. The van der Waals surface area contributed by atoms with Crippen molar-refractivity contribution < 1.29 is 8.42 Å². The number of benzene rings is 4. The summed E-state index contributed by atoms with van der Waals surface area (Å²) in [6.07, 6.45) is 4.11. The molecule has 40 heavy (non-hydrogen) atoms. The van der Waals surface area contributed by atoms with Gasteiger partial charge in [0.2, 0.25) is 10.0 Å². The van der Waals surface area contributed by atoms with Gasteiger partial charge in [-0.05, 0) is 52.9 Å². The average Bonchev–Trinajstić information content (AvgIpc) is 3.44. The number of fused-ring (bicyclic) bond motifs is 1. The number of H-pyrrole nitrogens is 1. The summed E-state index contributed by atoms with van der Waals surface area (Å²) in [5.41, 5.74) is 6.26. The number of nitrogens with one attached hydrogen (secondary N) is 1. The van der Waals surface area contributed by atoms with Gasteiger partial charge in [0.15, 0.2) is 0 Å². The maximum absolute atomic E-state index is 14.2. The number of hydrogen-bond donors (Lipinski definition) is 1. The monoisotopic (exact) mass is 570 g/mol. The molecule has 0 spiro atoms. The Hall–Kier alpha value is -3.91. The van der Waals surface area contributed by atoms with Crippen LogP contribution in [0.1, 0.15) is 16.8 Å². The Kier molecular flexibility index (Phi) is 8.35. The van der Waals surface area contributed by atoms with Gasteiger partial charge in [-0.1, -0.05) is 84.9 Å². The van der Waals surface area contributed by atoms with E-state index >= 15 is 0 Å². The minimum Gasteiger partial charge on any atom is -0.364 e. The van der Waals surface area contributed by atoms with Gasteiger partial charge in [-0.3, -0.25) is 0 Å². The van der Waals surface area contributed by atoms with Gasteiger partial charge in [-0.15, -0.1) is 12.4 Å². The van der Waals surface area contributed by atoms with Gasteiger partial charge >= 0.3 is 0 Å². The van der Waals surface area contributed by atoms with Crippen LogP contribution in [0.2, 0.25) is 0 Å². The molecule has 1 aromatic heterocycles. The maximum atomic E-state index is 14.2. The van der Waals surface area contributed by atoms with Gasteiger partial charge in [0, 0.05) is 31.0 Å². The molecule has 0 unspecified atom stereocenters. The summed E-state index contributed by atoms with van der Waals surface area (Å²) < 4.78 is 30.1. The van der Waals surface area contributed by atoms with Crippen molar-refractivity contribution >= 4 is 28.1 Å². The first-order valence-corrected chi connectivity index (χ1v) is 14.5. The number of aromatic amines is 1. The largest absolute Gasteiger partial charge is 0.364 e. The third-order valence-electron chi connectivity index (χ3n) is 7.27. The first-order chi connectivity index (χ1) is 19.1. The van der Waals surface area contributed by atoms with E-state index < -0.39 is 10.0 Å². The topological polar surface area (TPSA) is 69.3 Å². The molecule has 2 heterocycles. The molecular weight excluding hydrogens is 540 g/mol. The highest BCUT2D eigenvalue weighted by Crippen LogP contribution is 2.35. The van der Waals surface area contributed by atoms with Gasteiger partial charge in [-0.25, -0.2) is 13.4 Å². The highest BCUT2D eigenvalue weighted by atomic mass is 35.5. The predicted molar refractivity (Wildman–Crippen MR) is 162 cm³/mol. The highest BCUT2D eigenvalue weighted by Gasteiger charge is 2.36. The Morgan fingerprint density at radius 2 is 1.50 bits per heavy atom. The van der Waals surface area contributed by atoms with Crippen LogP contribution in [0.3, 0.4) is 0 Å². The van der Waals surface area contributed by atoms with Crippen LogP contribution in [0.4, 0.5) is 5.69 Å². The van der Waals surface area contributed by atoms with E-state index in [9.17, 15) is 8.42 Å². The van der Waals surface area contributed by atoms with Gasteiger partial charge in [-0.2, -0.15) is 4.31 Å². The molecule has 4 aromatic carbocycles. The van der Waals surface area contributed by atoms with Crippen molar-refractivity contribution in [2.75, 3.05) is 11.4 Å². The highest BCUT2D eigenvalue weighted by molar-refractivity contribution is 7.89. The molecular formula is C32H31ClN4O2S. The number of hydrogen-bond acceptors (Lipinski definition) is 4. The fraction of sp³-hybridized carbons (Fsp3) is 0.156. The number of halogens is 1. The van der Waals surface area contributed by atoms with E-state index in [1.165, 1.54) is 0 Å². The molecule has 8 heteroatoms. The van der Waals surface area contributed by atoms with Crippen molar-refractivity contribution in [1.29, 1.82) is 0 Å². The summed E-state index contributed by atoms with van der Waals surface area (Å²) in [6, 6.07) is 35.2. The van der Waals surface area contributed by atoms with Crippen LogP contribution in [-0.4, -0.2) is 35.3 Å². The van der Waals surface area contributed by atoms with Crippen LogP contribution in [0.5, 0.6) is 0 Å².